The largest absolute Gasteiger partial charge is 0.396 e. The van der Waals surface area contributed by atoms with Crippen LogP contribution in [0.2, 0.25) is 0 Å². The van der Waals surface area contributed by atoms with Crippen LogP contribution in [0.25, 0.3) is 0 Å². The van der Waals surface area contributed by atoms with Crippen LogP contribution < -0.4 is 5.32 Å². The molecular weight excluding hydrogens is 506 g/mol. The second kappa shape index (κ2) is 13.1. The molecule has 12 N–H and O–H groups in total. The zero-order valence-corrected chi connectivity index (χ0v) is 20.1. The summed E-state index contributed by atoms with van der Waals surface area (Å²) in [5.41, 5.74) is 0. The smallest absolute Gasteiger partial charge is 0.187 e. The van der Waals surface area contributed by atoms with Crippen LogP contribution in [0.3, 0.4) is 0 Å². The predicted molar refractivity (Wildman–Crippen MR) is 117 cm³/mol. The average Bonchev–Trinajstić information content (AvgIpc) is 3.11. The molecule has 15 atom stereocenters. The fourth-order valence-electron chi connectivity index (χ4n) is 4.94. The van der Waals surface area contributed by atoms with Gasteiger partial charge in [-0.05, 0) is 6.92 Å². The van der Waals surface area contributed by atoms with Crippen molar-refractivity contribution in [1.82, 2.24) is 5.32 Å². The van der Waals surface area contributed by atoms with Gasteiger partial charge < -0.3 is 80.4 Å². The summed E-state index contributed by atoms with van der Waals surface area (Å²) in [4.78, 5) is 0. The third kappa shape index (κ3) is 6.25. The normalized spacial score (nSPS) is 49.1. The van der Waals surface area contributed by atoms with Crippen molar-refractivity contribution >= 4 is 0 Å². The summed E-state index contributed by atoms with van der Waals surface area (Å²) in [6.45, 7) is -0.968. The van der Waals surface area contributed by atoms with E-state index in [1.165, 1.54) is 6.92 Å². The molecule has 37 heavy (non-hydrogen) atoms. The number of aliphatic hydroxyl groups is 11. The van der Waals surface area contributed by atoms with Crippen molar-refractivity contribution in [3.63, 3.8) is 0 Å². The van der Waals surface area contributed by atoms with E-state index in [1.54, 1.807) is 0 Å². The summed E-state index contributed by atoms with van der Waals surface area (Å²) in [6.07, 6.45) is -19.9. The molecule has 0 aromatic rings. The maximum Gasteiger partial charge on any atom is 0.187 e. The van der Waals surface area contributed by atoms with Crippen LogP contribution in [0.15, 0.2) is 0 Å². The molecule has 3 aliphatic rings. The van der Waals surface area contributed by atoms with Crippen LogP contribution in [0.4, 0.5) is 0 Å². The van der Waals surface area contributed by atoms with Gasteiger partial charge in [-0.3, -0.25) is 0 Å². The molecule has 0 bridgehead atoms. The molecule has 2 heterocycles. The molecule has 0 spiro atoms. The Morgan fingerprint density at radius 1 is 0.649 bits per heavy atom. The van der Waals surface area contributed by atoms with Crippen LogP contribution in [0.5, 0.6) is 0 Å². The van der Waals surface area contributed by atoms with Gasteiger partial charge in [0, 0.05) is 12.0 Å². The van der Waals surface area contributed by atoms with E-state index < -0.39 is 124 Å². The summed E-state index contributed by atoms with van der Waals surface area (Å²) in [7, 11) is 0. The van der Waals surface area contributed by atoms with E-state index in [4.69, 9.17) is 18.9 Å². The van der Waals surface area contributed by atoms with Crippen molar-refractivity contribution in [3.05, 3.63) is 0 Å². The highest BCUT2D eigenvalue weighted by molar-refractivity contribution is 5.04. The highest BCUT2D eigenvalue weighted by atomic mass is 16.7. The number of ether oxygens (including phenoxy) is 4. The maximum atomic E-state index is 10.7. The van der Waals surface area contributed by atoms with Gasteiger partial charge >= 0.3 is 0 Å². The lowest BCUT2D eigenvalue weighted by Gasteiger charge is -2.46. The summed E-state index contributed by atoms with van der Waals surface area (Å²) in [5, 5.41) is 114. The molecule has 218 valence electrons. The lowest BCUT2D eigenvalue weighted by molar-refractivity contribution is -0.363. The Kier molecular flexibility index (Phi) is 11.0. The van der Waals surface area contributed by atoms with Gasteiger partial charge in [0.25, 0.3) is 0 Å². The van der Waals surface area contributed by atoms with E-state index in [-0.39, 0.29) is 0 Å². The minimum Gasteiger partial charge on any atom is -0.396 e. The van der Waals surface area contributed by atoms with Crippen molar-refractivity contribution in [1.29, 1.82) is 0 Å². The van der Waals surface area contributed by atoms with Crippen LogP contribution in [-0.2, 0) is 18.9 Å². The van der Waals surface area contributed by atoms with Gasteiger partial charge in [-0.1, -0.05) is 0 Å². The fraction of sp³-hybridized carbons (Fsp3) is 1.00. The van der Waals surface area contributed by atoms with Crippen LogP contribution in [-0.4, -0.2) is 174 Å². The molecule has 1 saturated carbocycles. The highest BCUT2D eigenvalue weighted by Crippen LogP contribution is 2.35. The topological polar surface area (TPSA) is 271 Å². The Hall–Kier alpha value is -0.640. The molecular formula is C21H39NO15. The number of aliphatic hydroxyl groups excluding tert-OH is 11. The van der Waals surface area contributed by atoms with Crippen molar-refractivity contribution in [2.24, 2.45) is 5.92 Å². The maximum absolute atomic E-state index is 10.7. The zero-order chi connectivity index (χ0) is 27.6. The van der Waals surface area contributed by atoms with Gasteiger partial charge in [-0.15, -0.1) is 0 Å². The van der Waals surface area contributed by atoms with E-state index in [0.29, 0.717) is 0 Å². The first-order valence-corrected chi connectivity index (χ1v) is 12.1. The lowest BCUT2D eigenvalue weighted by atomic mass is 9.97. The van der Waals surface area contributed by atoms with Crippen molar-refractivity contribution in [3.8, 4) is 0 Å². The molecule has 0 amide bonds. The van der Waals surface area contributed by atoms with Gasteiger partial charge in [0.1, 0.15) is 48.8 Å². The lowest BCUT2D eigenvalue weighted by Crippen LogP contribution is -2.64. The summed E-state index contributed by atoms with van der Waals surface area (Å²) in [6, 6.07) is -1.90. The molecule has 2 saturated heterocycles. The molecule has 0 unspecified atom stereocenters. The zero-order valence-electron chi connectivity index (χ0n) is 20.1. The minimum absolute atomic E-state index is 0.496. The first-order valence-electron chi connectivity index (χ1n) is 12.1. The van der Waals surface area contributed by atoms with Crippen LogP contribution >= 0.6 is 0 Å². The van der Waals surface area contributed by atoms with Crippen LogP contribution in [0, 0.1) is 5.92 Å². The van der Waals surface area contributed by atoms with Crippen LogP contribution in [0.1, 0.15) is 6.92 Å². The first kappa shape index (κ1) is 30.9. The van der Waals surface area contributed by atoms with Crippen molar-refractivity contribution < 1.29 is 75.1 Å². The third-order valence-corrected chi connectivity index (χ3v) is 7.23. The standard InChI is InChI=1S/C21H39NO15/c1-6-11(27)13(29)16(32)20(34-6)37-19-9(5-26)35-21(17(33)15(19)31)36-18-8(4-25)10(12(28)14(18)30)22-7(2-23)3-24/h6-33H,2-5H2,1H3/t6-,8+,9-,10-,11-,12+,13+,14-,15-,16-,17-,18-,19-,20+,21-/m1/s1. The minimum atomic E-state index is -1.85. The Morgan fingerprint density at radius 2 is 1.19 bits per heavy atom. The van der Waals surface area contributed by atoms with E-state index >= 15 is 0 Å². The Balaban J connectivity index is 1.71. The molecule has 1 aliphatic carbocycles. The second-order valence-electron chi connectivity index (χ2n) is 9.67. The predicted octanol–water partition coefficient (Wildman–Crippen LogP) is -7.32. The molecule has 16 nitrogen and oxygen atoms in total. The number of hydrogen-bond acceptors (Lipinski definition) is 16. The van der Waals surface area contributed by atoms with Crippen molar-refractivity contribution in [2.75, 3.05) is 26.4 Å². The summed E-state index contributed by atoms with van der Waals surface area (Å²) < 4.78 is 22.1. The van der Waals surface area contributed by atoms with Gasteiger partial charge in [0.15, 0.2) is 12.6 Å². The number of hydrogen-bond donors (Lipinski definition) is 12. The average molecular weight is 546 g/mol. The van der Waals surface area contributed by atoms with Gasteiger partial charge in [0.2, 0.25) is 0 Å². The fourth-order valence-corrected chi connectivity index (χ4v) is 4.94. The van der Waals surface area contributed by atoms with E-state index in [2.05, 4.69) is 5.32 Å². The first-order chi connectivity index (χ1) is 17.5. The van der Waals surface area contributed by atoms with Crippen molar-refractivity contribution in [2.45, 2.75) is 98.7 Å². The SMILES string of the molecule is C[C@H]1O[C@@H](O[C@H]2[C@H](O)[C@@H](O)[C@@H](O[C@H]3[C@H](O)[C@@H](O)[C@H](NC(CO)CO)[C@@H]3CO)O[C@@H]2CO)[C@H](O)[C@@H](O)[C@@H]1O. The Morgan fingerprint density at radius 3 is 1.76 bits per heavy atom. The van der Waals surface area contributed by atoms with E-state index in [9.17, 15) is 56.2 Å². The molecule has 0 radical (unpaired) electrons. The van der Waals surface area contributed by atoms with E-state index in [0.717, 1.165) is 0 Å². The monoisotopic (exact) mass is 545 g/mol. The molecule has 0 aromatic carbocycles. The Bertz CT molecular complexity index is 701. The molecule has 16 heteroatoms. The number of rotatable bonds is 10. The molecule has 0 aromatic heterocycles. The molecule has 3 fully saturated rings. The number of nitrogens with one attached hydrogen (secondary N) is 1. The second-order valence-corrected chi connectivity index (χ2v) is 9.67. The summed E-state index contributed by atoms with van der Waals surface area (Å²) in [5.74, 6) is -1.000. The Labute approximate surface area is 212 Å². The van der Waals surface area contributed by atoms with Gasteiger partial charge in [-0.2, -0.15) is 0 Å². The van der Waals surface area contributed by atoms with Gasteiger partial charge in [-0.25, -0.2) is 0 Å². The quantitative estimate of drug-likeness (QED) is 0.121. The van der Waals surface area contributed by atoms with E-state index in [1.807, 2.05) is 0 Å². The van der Waals surface area contributed by atoms with Gasteiger partial charge in [0.05, 0.1) is 50.8 Å². The summed E-state index contributed by atoms with van der Waals surface area (Å²) >= 11 is 0. The molecule has 3 rings (SSSR count). The highest BCUT2D eigenvalue weighted by Gasteiger charge is 2.55. The molecule has 2 aliphatic heterocycles. The third-order valence-electron chi connectivity index (χ3n) is 7.23.